The van der Waals surface area contributed by atoms with Crippen molar-refractivity contribution in [2.75, 3.05) is 0 Å². The summed E-state index contributed by atoms with van der Waals surface area (Å²) < 4.78 is 0. The smallest absolute Gasteiger partial charge is 0.0385 e. The Labute approximate surface area is 104 Å². The van der Waals surface area contributed by atoms with Gasteiger partial charge in [-0.3, -0.25) is 0 Å². The van der Waals surface area contributed by atoms with E-state index < -0.39 is 0 Å². The molecule has 0 aromatic heterocycles. The molecule has 0 unspecified atom stereocenters. The Morgan fingerprint density at radius 2 is 1.59 bits per heavy atom. The SMILES string of the molecule is CC(C)NC(C)(C)c1cccc2ccccc12. The first kappa shape index (κ1) is 12.1. The van der Waals surface area contributed by atoms with Gasteiger partial charge in [0.1, 0.15) is 0 Å². The molecule has 1 nitrogen and oxygen atoms in total. The van der Waals surface area contributed by atoms with Crippen LogP contribution in [0.2, 0.25) is 0 Å². The lowest BCUT2D eigenvalue weighted by Gasteiger charge is -2.30. The van der Waals surface area contributed by atoms with Gasteiger partial charge in [-0.2, -0.15) is 0 Å². The van der Waals surface area contributed by atoms with Crippen molar-refractivity contribution in [3.63, 3.8) is 0 Å². The van der Waals surface area contributed by atoms with Gasteiger partial charge < -0.3 is 5.32 Å². The minimum Gasteiger partial charge on any atom is -0.306 e. The van der Waals surface area contributed by atoms with Crippen molar-refractivity contribution in [2.24, 2.45) is 0 Å². The van der Waals surface area contributed by atoms with Crippen LogP contribution < -0.4 is 5.32 Å². The number of rotatable bonds is 3. The van der Waals surface area contributed by atoms with Gasteiger partial charge in [-0.05, 0) is 30.2 Å². The molecule has 0 saturated heterocycles. The Bertz CT molecular complexity index is 506. The first-order valence-electron chi connectivity index (χ1n) is 6.26. The van der Waals surface area contributed by atoms with Gasteiger partial charge in [0.15, 0.2) is 0 Å². The standard InChI is InChI=1S/C16H21N/c1-12(2)17-16(3,4)15-11-7-9-13-8-5-6-10-14(13)15/h5-12,17H,1-4H3. The van der Waals surface area contributed by atoms with Crippen LogP contribution in [0.5, 0.6) is 0 Å². The maximum absolute atomic E-state index is 3.63. The molecule has 0 saturated carbocycles. The van der Waals surface area contributed by atoms with Crippen LogP contribution in [-0.4, -0.2) is 6.04 Å². The Morgan fingerprint density at radius 1 is 0.941 bits per heavy atom. The van der Waals surface area contributed by atoms with Crippen molar-refractivity contribution >= 4 is 10.8 Å². The fraction of sp³-hybridized carbons (Fsp3) is 0.375. The molecule has 0 atom stereocenters. The number of benzene rings is 2. The molecule has 2 aromatic carbocycles. The third-order valence-corrected chi connectivity index (χ3v) is 3.11. The second-order valence-electron chi connectivity index (χ2n) is 5.45. The fourth-order valence-corrected chi connectivity index (χ4v) is 2.57. The molecule has 2 rings (SSSR count). The van der Waals surface area contributed by atoms with Crippen LogP contribution in [0.25, 0.3) is 10.8 Å². The van der Waals surface area contributed by atoms with E-state index in [1.54, 1.807) is 0 Å². The predicted octanol–water partition coefficient (Wildman–Crippen LogP) is 4.07. The summed E-state index contributed by atoms with van der Waals surface area (Å²) in [5, 5.41) is 6.28. The van der Waals surface area contributed by atoms with E-state index in [2.05, 4.69) is 75.5 Å². The number of nitrogens with one attached hydrogen (secondary N) is 1. The van der Waals surface area contributed by atoms with Crippen molar-refractivity contribution < 1.29 is 0 Å². The Balaban J connectivity index is 2.55. The zero-order chi connectivity index (χ0) is 12.5. The molecular weight excluding hydrogens is 206 g/mol. The Kier molecular flexibility index (Phi) is 3.21. The molecule has 0 heterocycles. The highest BCUT2D eigenvalue weighted by Gasteiger charge is 2.22. The molecule has 0 fully saturated rings. The summed E-state index contributed by atoms with van der Waals surface area (Å²) in [7, 11) is 0. The summed E-state index contributed by atoms with van der Waals surface area (Å²) >= 11 is 0. The molecule has 0 amide bonds. The van der Waals surface area contributed by atoms with Gasteiger partial charge in [-0.15, -0.1) is 0 Å². The van der Waals surface area contributed by atoms with E-state index >= 15 is 0 Å². The van der Waals surface area contributed by atoms with Gasteiger partial charge in [-0.1, -0.05) is 56.3 Å². The monoisotopic (exact) mass is 227 g/mol. The molecule has 0 radical (unpaired) electrons. The number of fused-ring (bicyclic) bond motifs is 1. The van der Waals surface area contributed by atoms with Gasteiger partial charge in [-0.25, -0.2) is 0 Å². The molecule has 90 valence electrons. The van der Waals surface area contributed by atoms with Crippen molar-refractivity contribution in [1.29, 1.82) is 0 Å². The second-order valence-corrected chi connectivity index (χ2v) is 5.45. The van der Waals surface area contributed by atoms with Crippen LogP contribution in [-0.2, 0) is 5.54 Å². The largest absolute Gasteiger partial charge is 0.306 e. The quantitative estimate of drug-likeness (QED) is 0.833. The average Bonchev–Trinajstić information content (AvgIpc) is 2.26. The molecule has 0 aliphatic rings. The molecule has 0 spiro atoms. The van der Waals surface area contributed by atoms with Gasteiger partial charge >= 0.3 is 0 Å². The lowest BCUT2D eigenvalue weighted by atomic mass is 9.89. The third kappa shape index (κ3) is 2.50. The summed E-state index contributed by atoms with van der Waals surface area (Å²) in [5.74, 6) is 0. The van der Waals surface area contributed by atoms with E-state index in [-0.39, 0.29) is 5.54 Å². The second kappa shape index (κ2) is 4.50. The average molecular weight is 227 g/mol. The summed E-state index contributed by atoms with van der Waals surface area (Å²) in [5.41, 5.74) is 1.36. The Hall–Kier alpha value is -1.34. The molecule has 1 heteroatoms. The van der Waals surface area contributed by atoms with Crippen molar-refractivity contribution in [2.45, 2.75) is 39.3 Å². The molecule has 2 aromatic rings. The van der Waals surface area contributed by atoms with E-state index in [9.17, 15) is 0 Å². The fourth-order valence-electron chi connectivity index (χ4n) is 2.57. The minimum atomic E-state index is -0.00493. The van der Waals surface area contributed by atoms with E-state index in [0.717, 1.165) is 0 Å². The highest BCUT2D eigenvalue weighted by molar-refractivity contribution is 5.86. The number of hydrogen-bond donors (Lipinski definition) is 1. The minimum absolute atomic E-state index is 0.00493. The first-order chi connectivity index (χ1) is 8.00. The zero-order valence-corrected chi connectivity index (χ0v) is 11.1. The van der Waals surface area contributed by atoms with Crippen molar-refractivity contribution in [3.05, 3.63) is 48.0 Å². The van der Waals surface area contributed by atoms with Crippen LogP contribution in [0.3, 0.4) is 0 Å². The highest BCUT2D eigenvalue weighted by Crippen LogP contribution is 2.28. The van der Waals surface area contributed by atoms with Gasteiger partial charge in [0.05, 0.1) is 0 Å². The number of hydrogen-bond acceptors (Lipinski definition) is 1. The highest BCUT2D eigenvalue weighted by atomic mass is 15.0. The van der Waals surface area contributed by atoms with Gasteiger partial charge in [0.25, 0.3) is 0 Å². The van der Waals surface area contributed by atoms with Crippen LogP contribution in [0.4, 0.5) is 0 Å². The molecule has 0 aliphatic heterocycles. The summed E-state index contributed by atoms with van der Waals surface area (Å²) in [4.78, 5) is 0. The lowest BCUT2D eigenvalue weighted by molar-refractivity contribution is 0.368. The van der Waals surface area contributed by atoms with Crippen molar-refractivity contribution in [1.82, 2.24) is 5.32 Å². The summed E-state index contributed by atoms with van der Waals surface area (Å²) in [6.07, 6.45) is 0. The molecule has 0 aliphatic carbocycles. The maximum atomic E-state index is 3.63. The zero-order valence-electron chi connectivity index (χ0n) is 11.1. The van der Waals surface area contributed by atoms with Crippen LogP contribution >= 0.6 is 0 Å². The molecule has 17 heavy (non-hydrogen) atoms. The van der Waals surface area contributed by atoms with E-state index in [4.69, 9.17) is 0 Å². The normalized spacial score (nSPS) is 12.3. The lowest BCUT2D eigenvalue weighted by Crippen LogP contribution is -2.41. The van der Waals surface area contributed by atoms with Crippen LogP contribution in [0, 0.1) is 0 Å². The molecular formula is C16H21N. The predicted molar refractivity (Wildman–Crippen MR) is 75.2 cm³/mol. The Morgan fingerprint density at radius 3 is 2.29 bits per heavy atom. The van der Waals surface area contributed by atoms with Gasteiger partial charge in [0.2, 0.25) is 0 Å². The summed E-state index contributed by atoms with van der Waals surface area (Å²) in [6, 6.07) is 15.6. The maximum Gasteiger partial charge on any atom is 0.0385 e. The molecule has 0 bridgehead atoms. The summed E-state index contributed by atoms with van der Waals surface area (Å²) in [6.45, 7) is 8.86. The molecule has 1 N–H and O–H groups in total. The van der Waals surface area contributed by atoms with Crippen LogP contribution in [0.1, 0.15) is 33.3 Å². The van der Waals surface area contributed by atoms with E-state index in [1.807, 2.05) is 0 Å². The van der Waals surface area contributed by atoms with E-state index in [0.29, 0.717) is 6.04 Å². The van der Waals surface area contributed by atoms with Gasteiger partial charge in [0, 0.05) is 11.6 Å². The van der Waals surface area contributed by atoms with Crippen molar-refractivity contribution in [3.8, 4) is 0 Å². The first-order valence-corrected chi connectivity index (χ1v) is 6.26. The topological polar surface area (TPSA) is 12.0 Å². The van der Waals surface area contributed by atoms with Crippen LogP contribution in [0.15, 0.2) is 42.5 Å². The van der Waals surface area contributed by atoms with E-state index in [1.165, 1.54) is 16.3 Å². The third-order valence-electron chi connectivity index (χ3n) is 3.11.